The van der Waals surface area contributed by atoms with Crippen molar-refractivity contribution in [3.05, 3.63) is 77.1 Å². The lowest BCUT2D eigenvalue weighted by atomic mass is 9.93. The molecule has 2 atom stereocenters. The quantitative estimate of drug-likeness (QED) is 0.468. The summed E-state index contributed by atoms with van der Waals surface area (Å²) in [7, 11) is 0. The first-order valence-electron chi connectivity index (χ1n) is 12.5. The number of carbonyl (C=O) groups excluding carboxylic acids is 1. The van der Waals surface area contributed by atoms with Crippen molar-refractivity contribution in [3.63, 3.8) is 0 Å². The minimum absolute atomic E-state index is 0.304. The van der Waals surface area contributed by atoms with E-state index in [9.17, 15) is 9.90 Å². The molecule has 2 aliphatic heterocycles. The van der Waals surface area contributed by atoms with Crippen molar-refractivity contribution in [2.75, 3.05) is 6.98 Å². The van der Waals surface area contributed by atoms with Gasteiger partial charge in [0.15, 0.2) is 5.82 Å². The van der Waals surface area contributed by atoms with E-state index in [1.165, 1.54) is 0 Å². The summed E-state index contributed by atoms with van der Waals surface area (Å²) < 4.78 is 26.5. The Hall–Kier alpha value is -4.02. The van der Waals surface area contributed by atoms with Crippen molar-refractivity contribution in [2.24, 2.45) is 0 Å². The number of imidazole rings is 1. The first-order chi connectivity index (χ1) is 17.5. The Morgan fingerprint density at radius 2 is 1.97 bits per heavy atom. The van der Waals surface area contributed by atoms with Crippen molar-refractivity contribution in [3.8, 4) is 23.5 Å². The zero-order chi connectivity index (χ0) is 26.3. The third-order valence-electron chi connectivity index (χ3n) is 6.66. The van der Waals surface area contributed by atoms with E-state index in [0.29, 0.717) is 40.3 Å². The smallest absolute Gasteiger partial charge is 0.254 e. The van der Waals surface area contributed by atoms with Gasteiger partial charge in [0, 0.05) is 52.2 Å². The molecule has 1 amide bonds. The molecule has 0 saturated heterocycles. The standard InChI is InChI=1S/C27H23N5O2/c1-5-15-7-6-8-18-23(15)21-12-22(31(4)25(18)33)24-30-19-10-9-16(11-20(19)32(21)24)17-13-28-26(29-14-17)27(2,3)34/h1,6-11,13-14,21-22,34H,12H2,2-4H3/t21-,22-/m1/s1/i4D3. The number of nitrogens with zero attached hydrogens (tertiary/aromatic N) is 5. The highest BCUT2D eigenvalue weighted by atomic mass is 16.3. The molecule has 4 aromatic rings. The van der Waals surface area contributed by atoms with E-state index in [1.54, 1.807) is 44.4 Å². The van der Waals surface area contributed by atoms with Crippen LogP contribution in [0.3, 0.4) is 0 Å². The van der Waals surface area contributed by atoms with E-state index >= 15 is 0 Å². The van der Waals surface area contributed by atoms with Crippen molar-refractivity contribution >= 4 is 16.9 Å². The number of fused-ring (bicyclic) bond motifs is 9. The van der Waals surface area contributed by atoms with Gasteiger partial charge in [0.2, 0.25) is 0 Å². The summed E-state index contributed by atoms with van der Waals surface area (Å²) in [6.07, 6.45) is 9.51. The van der Waals surface area contributed by atoms with Crippen LogP contribution >= 0.6 is 0 Å². The molecule has 4 heterocycles. The number of amides is 1. The molecule has 2 aromatic heterocycles. The summed E-state index contributed by atoms with van der Waals surface area (Å²) in [6, 6.07) is 9.74. The van der Waals surface area contributed by atoms with E-state index in [-0.39, 0.29) is 6.04 Å². The van der Waals surface area contributed by atoms with Crippen LogP contribution in [0.5, 0.6) is 0 Å². The van der Waals surface area contributed by atoms with Crippen LogP contribution in [0.2, 0.25) is 0 Å². The van der Waals surface area contributed by atoms with Crippen molar-refractivity contribution in [1.29, 1.82) is 0 Å². The molecule has 168 valence electrons. The Labute approximate surface area is 201 Å². The predicted octanol–water partition coefficient (Wildman–Crippen LogP) is 3.82. The van der Waals surface area contributed by atoms with Crippen LogP contribution in [0.1, 0.15) is 69.6 Å². The Morgan fingerprint density at radius 3 is 2.68 bits per heavy atom. The summed E-state index contributed by atoms with van der Waals surface area (Å²) in [4.78, 5) is 27.9. The van der Waals surface area contributed by atoms with Crippen LogP contribution in [0, 0.1) is 12.3 Å². The van der Waals surface area contributed by atoms with Gasteiger partial charge in [0.1, 0.15) is 11.4 Å². The molecule has 2 aromatic carbocycles. The third-order valence-corrected chi connectivity index (χ3v) is 6.66. The second-order valence-corrected chi connectivity index (χ2v) is 9.25. The Bertz CT molecular complexity index is 1630. The van der Waals surface area contributed by atoms with Gasteiger partial charge in [-0.15, -0.1) is 6.42 Å². The van der Waals surface area contributed by atoms with Crippen LogP contribution in [-0.4, -0.2) is 42.4 Å². The number of aromatic nitrogens is 4. The number of hydrogen-bond acceptors (Lipinski definition) is 5. The van der Waals surface area contributed by atoms with Gasteiger partial charge in [-0.25, -0.2) is 15.0 Å². The molecule has 1 N–H and O–H groups in total. The Kier molecular flexibility index (Phi) is 3.59. The predicted molar refractivity (Wildman–Crippen MR) is 128 cm³/mol. The number of hydrogen-bond donors (Lipinski definition) is 1. The average molecular weight is 453 g/mol. The molecule has 0 aliphatic carbocycles. The molecule has 2 bridgehead atoms. The lowest BCUT2D eigenvalue weighted by molar-refractivity contribution is 0.0686. The second kappa shape index (κ2) is 6.99. The zero-order valence-electron chi connectivity index (χ0n) is 21.6. The van der Waals surface area contributed by atoms with Gasteiger partial charge in [-0.1, -0.05) is 18.1 Å². The number of carbonyl (C=O) groups is 1. The van der Waals surface area contributed by atoms with E-state index < -0.39 is 24.5 Å². The van der Waals surface area contributed by atoms with Crippen LogP contribution in [0.4, 0.5) is 0 Å². The summed E-state index contributed by atoms with van der Waals surface area (Å²) >= 11 is 0. The van der Waals surface area contributed by atoms with Crippen LogP contribution in [0.25, 0.3) is 22.2 Å². The summed E-state index contributed by atoms with van der Waals surface area (Å²) in [5.74, 6) is 2.96. The number of benzene rings is 2. The minimum Gasteiger partial charge on any atom is -0.382 e. The lowest BCUT2D eigenvalue weighted by Crippen LogP contribution is -2.30. The topological polar surface area (TPSA) is 84.1 Å². The summed E-state index contributed by atoms with van der Waals surface area (Å²) in [5, 5.41) is 10.2. The molecule has 34 heavy (non-hydrogen) atoms. The highest BCUT2D eigenvalue weighted by Gasteiger charge is 2.44. The molecular weight excluding hydrogens is 426 g/mol. The van der Waals surface area contributed by atoms with E-state index in [0.717, 1.165) is 21.5 Å². The lowest BCUT2D eigenvalue weighted by Gasteiger charge is -2.24. The van der Waals surface area contributed by atoms with E-state index in [2.05, 4.69) is 15.9 Å². The van der Waals surface area contributed by atoms with Crippen molar-refractivity contribution in [2.45, 2.75) is 38.0 Å². The number of aliphatic hydroxyl groups is 1. The normalized spacial score (nSPS) is 20.7. The van der Waals surface area contributed by atoms with Gasteiger partial charge < -0.3 is 14.6 Å². The first kappa shape index (κ1) is 17.5. The maximum absolute atomic E-state index is 13.5. The monoisotopic (exact) mass is 452 g/mol. The summed E-state index contributed by atoms with van der Waals surface area (Å²) in [5.41, 5.74) is 3.43. The fourth-order valence-corrected chi connectivity index (χ4v) is 5.04. The van der Waals surface area contributed by atoms with Gasteiger partial charge in [0.05, 0.1) is 23.1 Å². The van der Waals surface area contributed by atoms with Crippen molar-refractivity contribution in [1.82, 2.24) is 24.4 Å². The summed E-state index contributed by atoms with van der Waals surface area (Å²) in [6.45, 7) is 0.595. The second-order valence-electron chi connectivity index (χ2n) is 9.25. The van der Waals surface area contributed by atoms with Crippen LogP contribution in [0.15, 0.2) is 48.8 Å². The van der Waals surface area contributed by atoms with Crippen molar-refractivity contribution < 1.29 is 14.0 Å². The van der Waals surface area contributed by atoms with Gasteiger partial charge in [-0.2, -0.15) is 0 Å². The van der Waals surface area contributed by atoms with Gasteiger partial charge >= 0.3 is 0 Å². The molecule has 7 nitrogen and oxygen atoms in total. The van der Waals surface area contributed by atoms with E-state index in [1.807, 2.05) is 22.8 Å². The molecule has 0 unspecified atom stereocenters. The fourth-order valence-electron chi connectivity index (χ4n) is 5.04. The number of rotatable bonds is 2. The van der Waals surface area contributed by atoms with Crippen LogP contribution < -0.4 is 0 Å². The van der Waals surface area contributed by atoms with Gasteiger partial charge in [-0.3, -0.25) is 4.79 Å². The van der Waals surface area contributed by atoms with E-state index in [4.69, 9.17) is 15.5 Å². The molecule has 6 rings (SSSR count). The Morgan fingerprint density at radius 1 is 1.18 bits per heavy atom. The molecule has 2 aliphatic rings. The first-order valence-corrected chi connectivity index (χ1v) is 11.0. The zero-order valence-corrected chi connectivity index (χ0v) is 18.6. The SMILES string of the molecule is [2H]C([2H])([2H])N1C(=O)c2cccc(C#C)c2[C@H]2C[C@@H]1c1nc3ccc(-c4cnc(C(C)(C)O)nc4)cc3n12. The van der Waals surface area contributed by atoms with Crippen LogP contribution in [-0.2, 0) is 5.60 Å². The Balaban J connectivity index is 1.57. The third kappa shape index (κ3) is 2.82. The highest BCUT2D eigenvalue weighted by Crippen LogP contribution is 2.48. The van der Waals surface area contributed by atoms with Gasteiger partial charge in [0.25, 0.3) is 5.91 Å². The number of terminal acetylenes is 1. The largest absolute Gasteiger partial charge is 0.382 e. The molecule has 0 spiro atoms. The maximum atomic E-state index is 13.5. The molecule has 0 fully saturated rings. The molecule has 0 saturated carbocycles. The average Bonchev–Trinajstić information content (AvgIpc) is 3.35. The maximum Gasteiger partial charge on any atom is 0.254 e. The molecule has 0 radical (unpaired) electrons. The highest BCUT2D eigenvalue weighted by molar-refractivity contribution is 5.98. The fraction of sp³-hybridized carbons (Fsp3) is 0.259. The van der Waals surface area contributed by atoms with Gasteiger partial charge in [-0.05, 0) is 43.7 Å². The minimum atomic E-state index is -2.65. The molecule has 7 heteroatoms. The molecular formula is C27H23N5O2.